The van der Waals surface area contributed by atoms with Crippen LogP contribution in [0.15, 0.2) is 77.7 Å². The number of thioether (sulfide) groups is 1. The van der Waals surface area contributed by atoms with Gasteiger partial charge in [-0.3, -0.25) is 9.69 Å². The minimum Gasteiger partial charge on any atom is -0.340 e. The highest BCUT2D eigenvalue weighted by Crippen LogP contribution is 2.38. The van der Waals surface area contributed by atoms with Gasteiger partial charge >= 0.3 is 0 Å². The molecule has 0 unspecified atom stereocenters. The smallest absolute Gasteiger partial charge is 0.270 e. The molecule has 2 heterocycles. The van der Waals surface area contributed by atoms with E-state index in [0.717, 1.165) is 32.7 Å². The van der Waals surface area contributed by atoms with Gasteiger partial charge in [0.15, 0.2) is 4.32 Å². The van der Waals surface area contributed by atoms with Gasteiger partial charge in [-0.25, -0.2) is 0 Å². The Labute approximate surface area is 211 Å². The van der Waals surface area contributed by atoms with Crippen molar-refractivity contribution in [2.75, 3.05) is 4.90 Å². The highest BCUT2D eigenvalue weighted by molar-refractivity contribution is 8.27. The van der Waals surface area contributed by atoms with E-state index in [1.807, 2.05) is 54.6 Å². The zero-order chi connectivity index (χ0) is 23.1. The Morgan fingerprint density at radius 2 is 1.76 bits per heavy atom. The first-order chi connectivity index (χ1) is 15.9. The molecule has 0 spiro atoms. The van der Waals surface area contributed by atoms with Gasteiger partial charge in [0, 0.05) is 38.8 Å². The summed E-state index contributed by atoms with van der Waals surface area (Å²) in [6, 6.07) is 23.2. The molecular weight excluding hydrogens is 491 g/mol. The van der Waals surface area contributed by atoms with Crippen LogP contribution in [-0.2, 0) is 11.3 Å². The molecule has 1 aliphatic heterocycles. The number of aromatic nitrogens is 1. The molecule has 7 heteroatoms. The minimum atomic E-state index is -0.144. The predicted octanol–water partition coefficient (Wildman–Crippen LogP) is 7.71. The second kappa shape index (κ2) is 8.99. The van der Waals surface area contributed by atoms with Gasteiger partial charge < -0.3 is 4.57 Å². The van der Waals surface area contributed by atoms with E-state index >= 15 is 0 Å². The van der Waals surface area contributed by atoms with Crippen LogP contribution in [0.4, 0.5) is 5.69 Å². The molecule has 0 radical (unpaired) electrons. The van der Waals surface area contributed by atoms with Crippen LogP contribution in [0.5, 0.6) is 0 Å². The fraction of sp³-hybridized carbons (Fsp3) is 0.0769. The Kier molecular flexibility index (Phi) is 6.06. The molecule has 0 bridgehead atoms. The van der Waals surface area contributed by atoms with Crippen LogP contribution in [-0.4, -0.2) is 14.8 Å². The second-order valence-corrected chi connectivity index (χ2v) is 10.2. The van der Waals surface area contributed by atoms with Gasteiger partial charge in [-0.15, -0.1) is 0 Å². The molecule has 4 aromatic rings. The molecule has 164 valence electrons. The first-order valence-corrected chi connectivity index (χ1v) is 12.3. The Balaban J connectivity index is 1.58. The minimum absolute atomic E-state index is 0.144. The summed E-state index contributed by atoms with van der Waals surface area (Å²) in [6.07, 6.45) is 1.95. The van der Waals surface area contributed by atoms with Crippen molar-refractivity contribution in [3.05, 3.63) is 105 Å². The van der Waals surface area contributed by atoms with Crippen LogP contribution in [0.25, 0.3) is 17.0 Å². The molecule has 33 heavy (non-hydrogen) atoms. The van der Waals surface area contributed by atoms with Gasteiger partial charge in [0.05, 0.1) is 10.6 Å². The summed E-state index contributed by atoms with van der Waals surface area (Å²) in [5.74, 6) is -0.144. The summed E-state index contributed by atoms with van der Waals surface area (Å²) in [5, 5.41) is 2.37. The fourth-order valence-electron chi connectivity index (χ4n) is 4.08. The number of anilines is 1. The van der Waals surface area contributed by atoms with Crippen LogP contribution in [0.1, 0.15) is 16.8 Å². The highest BCUT2D eigenvalue weighted by atomic mass is 35.5. The molecule has 1 saturated heterocycles. The fourth-order valence-corrected chi connectivity index (χ4v) is 5.74. The number of amides is 1. The van der Waals surface area contributed by atoms with Crippen LogP contribution < -0.4 is 4.90 Å². The van der Waals surface area contributed by atoms with E-state index in [4.69, 9.17) is 35.4 Å². The zero-order valence-electron chi connectivity index (χ0n) is 17.6. The van der Waals surface area contributed by atoms with Crippen LogP contribution in [0, 0.1) is 6.92 Å². The first kappa shape index (κ1) is 22.2. The van der Waals surface area contributed by atoms with Gasteiger partial charge in [0.2, 0.25) is 0 Å². The van der Waals surface area contributed by atoms with E-state index < -0.39 is 0 Å². The average Bonchev–Trinajstić information content (AvgIpc) is 3.23. The standard InChI is InChI=1S/C26H18Cl2N2OS2/c1-16-21(14-24-25(31)30(26(32)33-24)19-9-6-8-18(27)13-19)20-10-3-5-12-23(20)29(16)15-17-7-2-4-11-22(17)28/h2-14H,15H2,1H3/b24-14+. The number of carbonyl (C=O) groups is 1. The number of halogens is 2. The number of hydrogen-bond donors (Lipinski definition) is 0. The average molecular weight is 509 g/mol. The van der Waals surface area contributed by atoms with Crippen molar-refractivity contribution < 1.29 is 4.79 Å². The molecule has 1 aromatic heterocycles. The largest absolute Gasteiger partial charge is 0.340 e. The Bertz CT molecular complexity index is 1460. The number of nitrogens with zero attached hydrogens (tertiary/aromatic N) is 2. The number of para-hydroxylation sites is 1. The number of carbonyl (C=O) groups excluding carboxylic acids is 1. The third-order valence-corrected chi connectivity index (χ3v) is 7.61. The maximum absolute atomic E-state index is 13.3. The maximum Gasteiger partial charge on any atom is 0.270 e. The molecule has 1 amide bonds. The third kappa shape index (κ3) is 4.11. The summed E-state index contributed by atoms with van der Waals surface area (Å²) in [5.41, 5.74) is 4.87. The van der Waals surface area contributed by atoms with Gasteiger partial charge in [0.1, 0.15) is 0 Å². The van der Waals surface area contributed by atoms with Crippen molar-refractivity contribution in [1.29, 1.82) is 0 Å². The van der Waals surface area contributed by atoms with Crippen molar-refractivity contribution in [2.24, 2.45) is 0 Å². The monoisotopic (exact) mass is 508 g/mol. The summed E-state index contributed by atoms with van der Waals surface area (Å²) < 4.78 is 2.73. The summed E-state index contributed by atoms with van der Waals surface area (Å²) in [4.78, 5) is 15.4. The van der Waals surface area contributed by atoms with E-state index in [1.54, 1.807) is 12.1 Å². The van der Waals surface area contributed by atoms with Crippen molar-refractivity contribution in [2.45, 2.75) is 13.5 Å². The molecule has 3 aromatic carbocycles. The van der Waals surface area contributed by atoms with E-state index in [2.05, 4.69) is 23.6 Å². The SMILES string of the molecule is Cc1c(/C=C2/SC(=S)N(c3cccc(Cl)c3)C2=O)c2ccccc2n1Cc1ccccc1Cl. The molecule has 1 fully saturated rings. The Hall–Kier alpha value is -2.57. The molecule has 0 saturated carbocycles. The lowest BCUT2D eigenvalue weighted by molar-refractivity contribution is -0.113. The number of benzene rings is 3. The van der Waals surface area contributed by atoms with Crippen molar-refractivity contribution in [3.8, 4) is 0 Å². The highest BCUT2D eigenvalue weighted by Gasteiger charge is 2.34. The number of hydrogen-bond acceptors (Lipinski definition) is 3. The van der Waals surface area contributed by atoms with Gasteiger partial charge in [-0.2, -0.15) is 0 Å². The van der Waals surface area contributed by atoms with E-state index in [-0.39, 0.29) is 5.91 Å². The zero-order valence-corrected chi connectivity index (χ0v) is 20.7. The molecule has 0 aliphatic carbocycles. The van der Waals surface area contributed by atoms with Crippen LogP contribution in [0.2, 0.25) is 10.0 Å². The molecule has 3 nitrogen and oxygen atoms in total. The van der Waals surface area contributed by atoms with Crippen molar-refractivity contribution >= 4 is 80.1 Å². The van der Waals surface area contributed by atoms with E-state index in [1.165, 1.54) is 16.7 Å². The molecule has 0 atom stereocenters. The lowest BCUT2D eigenvalue weighted by Gasteiger charge is -2.14. The molecular formula is C26H18Cl2N2OS2. The second-order valence-electron chi connectivity index (χ2n) is 7.69. The number of thiocarbonyl (C=S) groups is 1. The van der Waals surface area contributed by atoms with E-state index in [0.29, 0.717) is 26.5 Å². The van der Waals surface area contributed by atoms with E-state index in [9.17, 15) is 4.79 Å². The number of fused-ring (bicyclic) bond motifs is 1. The third-order valence-electron chi connectivity index (χ3n) is 5.70. The predicted molar refractivity (Wildman–Crippen MR) is 144 cm³/mol. The summed E-state index contributed by atoms with van der Waals surface area (Å²) in [7, 11) is 0. The van der Waals surface area contributed by atoms with Crippen LogP contribution in [0.3, 0.4) is 0 Å². The Morgan fingerprint density at radius 3 is 2.55 bits per heavy atom. The van der Waals surface area contributed by atoms with Crippen molar-refractivity contribution in [3.63, 3.8) is 0 Å². The number of rotatable bonds is 4. The quantitative estimate of drug-likeness (QED) is 0.208. The Morgan fingerprint density at radius 1 is 1.00 bits per heavy atom. The normalized spacial score (nSPS) is 15.2. The maximum atomic E-state index is 13.3. The lowest BCUT2D eigenvalue weighted by atomic mass is 10.1. The molecule has 0 N–H and O–H groups in total. The first-order valence-electron chi connectivity index (χ1n) is 10.3. The van der Waals surface area contributed by atoms with Gasteiger partial charge in [-0.1, -0.05) is 89.6 Å². The summed E-state index contributed by atoms with van der Waals surface area (Å²) >= 11 is 19.4. The van der Waals surface area contributed by atoms with Crippen molar-refractivity contribution in [1.82, 2.24) is 4.57 Å². The van der Waals surface area contributed by atoms with Gasteiger partial charge in [-0.05, 0) is 48.9 Å². The van der Waals surface area contributed by atoms with Gasteiger partial charge in [0.25, 0.3) is 5.91 Å². The molecule has 1 aliphatic rings. The lowest BCUT2D eigenvalue weighted by Crippen LogP contribution is -2.27. The topological polar surface area (TPSA) is 25.2 Å². The molecule has 5 rings (SSSR count). The summed E-state index contributed by atoms with van der Waals surface area (Å²) in [6.45, 7) is 2.71. The van der Waals surface area contributed by atoms with Crippen LogP contribution >= 0.6 is 47.2 Å².